The third kappa shape index (κ3) is 2.71. The van der Waals surface area contributed by atoms with E-state index in [0.717, 1.165) is 31.1 Å². The van der Waals surface area contributed by atoms with E-state index in [-0.39, 0.29) is 16.0 Å². The van der Waals surface area contributed by atoms with Gasteiger partial charge in [0.15, 0.2) is 0 Å². The van der Waals surface area contributed by atoms with Crippen molar-refractivity contribution >= 4 is 16.3 Å². The van der Waals surface area contributed by atoms with Gasteiger partial charge in [0.2, 0.25) is 0 Å². The van der Waals surface area contributed by atoms with Crippen molar-refractivity contribution < 1.29 is 4.92 Å². The largest absolute Gasteiger partial charge is 0.324 e. The molecular weight excluding hydrogens is 238 g/mol. The van der Waals surface area contributed by atoms with Crippen LogP contribution in [-0.4, -0.2) is 36.0 Å². The molecule has 1 aliphatic heterocycles. The van der Waals surface area contributed by atoms with Gasteiger partial charge in [-0.15, -0.1) is 6.58 Å². The molecule has 0 bridgehead atoms. The van der Waals surface area contributed by atoms with Gasteiger partial charge in [0.05, 0.1) is 11.0 Å². The molecule has 2 rings (SSSR count). The van der Waals surface area contributed by atoms with Crippen LogP contribution in [0.3, 0.4) is 0 Å². The summed E-state index contributed by atoms with van der Waals surface area (Å²) in [6.07, 6.45) is 1.86. The maximum Gasteiger partial charge on any atom is 0.324 e. The average molecular weight is 253 g/mol. The molecule has 0 aromatic carbocycles. The van der Waals surface area contributed by atoms with Crippen molar-refractivity contribution in [3.8, 4) is 0 Å². The average Bonchev–Trinajstić information content (AvgIpc) is 2.81. The second-order valence-corrected chi connectivity index (χ2v) is 4.99. The van der Waals surface area contributed by atoms with E-state index in [1.807, 2.05) is 12.1 Å². The molecule has 5 nitrogen and oxygen atoms in total. The minimum Gasteiger partial charge on any atom is -0.314 e. The molecule has 1 aliphatic rings. The molecule has 1 fully saturated rings. The lowest BCUT2D eigenvalue weighted by atomic mass is 10.2. The molecule has 1 aromatic rings. The molecule has 2 heterocycles. The van der Waals surface area contributed by atoms with Crippen molar-refractivity contribution in [3.05, 3.63) is 39.8 Å². The lowest BCUT2D eigenvalue weighted by Crippen LogP contribution is -2.44. The number of hydrogen-bond donors (Lipinski definition) is 1. The lowest BCUT2D eigenvalue weighted by Gasteiger charge is -2.32. The number of hydrogen-bond acceptors (Lipinski definition) is 5. The summed E-state index contributed by atoms with van der Waals surface area (Å²) < 4.78 is 0. The molecule has 17 heavy (non-hydrogen) atoms. The normalized spacial score (nSPS) is 18.8. The van der Waals surface area contributed by atoms with Crippen LogP contribution in [-0.2, 0) is 0 Å². The molecule has 92 valence electrons. The Kier molecular flexibility index (Phi) is 3.88. The molecule has 0 aliphatic carbocycles. The van der Waals surface area contributed by atoms with Gasteiger partial charge in [-0.1, -0.05) is 17.4 Å². The summed E-state index contributed by atoms with van der Waals surface area (Å²) in [7, 11) is 0. The Bertz CT molecular complexity index is 413. The van der Waals surface area contributed by atoms with E-state index in [9.17, 15) is 10.1 Å². The Morgan fingerprint density at radius 3 is 2.76 bits per heavy atom. The maximum atomic E-state index is 10.7. The van der Waals surface area contributed by atoms with Crippen LogP contribution < -0.4 is 5.32 Å². The number of nitrogens with zero attached hydrogens (tertiary/aromatic N) is 2. The van der Waals surface area contributed by atoms with Gasteiger partial charge in [-0.25, -0.2) is 0 Å². The van der Waals surface area contributed by atoms with Crippen molar-refractivity contribution in [1.82, 2.24) is 10.2 Å². The minimum atomic E-state index is -0.341. The van der Waals surface area contributed by atoms with Crippen LogP contribution in [0.25, 0.3) is 0 Å². The van der Waals surface area contributed by atoms with Crippen LogP contribution >= 0.6 is 11.3 Å². The molecule has 0 spiro atoms. The Morgan fingerprint density at radius 1 is 1.53 bits per heavy atom. The lowest BCUT2D eigenvalue weighted by molar-refractivity contribution is -0.380. The second-order valence-electron chi connectivity index (χ2n) is 3.90. The van der Waals surface area contributed by atoms with Gasteiger partial charge in [0.1, 0.15) is 0 Å². The topological polar surface area (TPSA) is 58.4 Å². The molecule has 6 heteroatoms. The van der Waals surface area contributed by atoms with Gasteiger partial charge in [0, 0.05) is 37.1 Å². The monoisotopic (exact) mass is 253 g/mol. The zero-order valence-corrected chi connectivity index (χ0v) is 10.3. The van der Waals surface area contributed by atoms with Gasteiger partial charge in [-0.2, -0.15) is 0 Å². The van der Waals surface area contributed by atoms with E-state index in [1.165, 1.54) is 11.3 Å². The highest BCUT2D eigenvalue weighted by molar-refractivity contribution is 7.15. The van der Waals surface area contributed by atoms with Gasteiger partial charge in [-0.05, 0) is 6.07 Å². The van der Waals surface area contributed by atoms with Gasteiger partial charge in [0.25, 0.3) is 0 Å². The first kappa shape index (κ1) is 12.2. The minimum absolute atomic E-state index is 0.0933. The van der Waals surface area contributed by atoms with E-state index < -0.39 is 0 Å². The van der Waals surface area contributed by atoms with E-state index in [4.69, 9.17) is 0 Å². The van der Waals surface area contributed by atoms with Crippen LogP contribution in [0.5, 0.6) is 0 Å². The fourth-order valence-electron chi connectivity index (χ4n) is 2.00. The van der Waals surface area contributed by atoms with Crippen LogP contribution in [0.2, 0.25) is 0 Å². The molecule has 0 unspecified atom stereocenters. The number of nitrogens with one attached hydrogen (secondary N) is 1. The first-order chi connectivity index (χ1) is 8.22. The van der Waals surface area contributed by atoms with Crippen molar-refractivity contribution in [2.45, 2.75) is 6.04 Å². The zero-order chi connectivity index (χ0) is 12.3. The highest BCUT2D eigenvalue weighted by atomic mass is 32.1. The van der Waals surface area contributed by atoms with Crippen molar-refractivity contribution in [2.24, 2.45) is 0 Å². The molecule has 1 saturated heterocycles. The summed E-state index contributed by atoms with van der Waals surface area (Å²) in [6, 6.07) is 3.49. The van der Waals surface area contributed by atoms with Gasteiger partial charge < -0.3 is 5.32 Å². The summed E-state index contributed by atoms with van der Waals surface area (Å²) in [5, 5.41) is 14.2. The summed E-state index contributed by atoms with van der Waals surface area (Å²) in [4.78, 5) is 13.6. The molecule has 0 amide bonds. The van der Waals surface area contributed by atoms with Crippen LogP contribution in [0.15, 0.2) is 24.8 Å². The third-order valence-electron chi connectivity index (χ3n) is 2.85. The predicted octanol–water partition coefficient (Wildman–Crippen LogP) is 1.79. The summed E-state index contributed by atoms with van der Waals surface area (Å²) in [5.74, 6) is 0. The van der Waals surface area contributed by atoms with Gasteiger partial charge >= 0.3 is 5.00 Å². The van der Waals surface area contributed by atoms with Gasteiger partial charge in [-0.3, -0.25) is 15.0 Å². The van der Waals surface area contributed by atoms with E-state index >= 15 is 0 Å². The molecular formula is C11H15N3O2S. The van der Waals surface area contributed by atoms with Crippen molar-refractivity contribution in [3.63, 3.8) is 0 Å². The highest BCUT2D eigenvalue weighted by Gasteiger charge is 2.22. The van der Waals surface area contributed by atoms with E-state index in [0.29, 0.717) is 0 Å². The van der Waals surface area contributed by atoms with Crippen LogP contribution in [0.4, 0.5) is 5.00 Å². The fourth-order valence-corrected chi connectivity index (χ4v) is 2.96. The number of rotatable bonds is 4. The molecule has 1 N–H and O–H groups in total. The smallest absolute Gasteiger partial charge is 0.314 e. The van der Waals surface area contributed by atoms with Crippen LogP contribution in [0.1, 0.15) is 10.9 Å². The predicted molar refractivity (Wildman–Crippen MR) is 68.4 cm³/mol. The molecule has 1 atom stereocenters. The third-order valence-corrected chi connectivity index (χ3v) is 3.96. The number of piperazine rings is 1. The first-order valence-electron chi connectivity index (χ1n) is 5.54. The molecule has 0 saturated carbocycles. The first-order valence-corrected chi connectivity index (χ1v) is 6.35. The Labute approximate surface area is 104 Å². The molecule has 0 radical (unpaired) electrons. The van der Waals surface area contributed by atoms with Crippen molar-refractivity contribution in [1.29, 1.82) is 0 Å². The summed E-state index contributed by atoms with van der Waals surface area (Å²) in [5.41, 5.74) is 0. The SMILES string of the molecule is C=C[C@H](c1ccc([N+](=O)[O-])s1)N1CCNCC1. The molecule has 1 aromatic heterocycles. The Hall–Kier alpha value is -1.24. The van der Waals surface area contributed by atoms with E-state index in [2.05, 4.69) is 16.8 Å². The standard InChI is InChI=1S/C11H15N3O2S/c1-2-9(13-7-5-12-6-8-13)10-3-4-11(17-10)14(15)16/h2-4,9,12H,1,5-8H2/t9-/m1/s1. The Morgan fingerprint density at radius 2 is 2.24 bits per heavy atom. The second kappa shape index (κ2) is 5.39. The number of thiophene rings is 1. The Balaban J connectivity index is 2.15. The number of nitro groups is 1. The van der Waals surface area contributed by atoms with E-state index in [1.54, 1.807) is 6.07 Å². The quantitative estimate of drug-likeness (QED) is 0.505. The zero-order valence-electron chi connectivity index (χ0n) is 9.46. The summed E-state index contributed by atoms with van der Waals surface area (Å²) in [6.45, 7) is 7.65. The fraction of sp³-hybridized carbons (Fsp3) is 0.455. The van der Waals surface area contributed by atoms with Crippen LogP contribution in [0, 0.1) is 10.1 Å². The maximum absolute atomic E-state index is 10.7. The summed E-state index contributed by atoms with van der Waals surface area (Å²) >= 11 is 1.23. The van der Waals surface area contributed by atoms with Crippen molar-refractivity contribution in [2.75, 3.05) is 26.2 Å². The highest BCUT2D eigenvalue weighted by Crippen LogP contribution is 2.32.